The average Bonchev–Trinajstić information content (AvgIpc) is 2.13. The molecule has 0 bridgehead atoms. The number of rotatable bonds is 1. The van der Waals surface area contributed by atoms with Crippen LogP contribution in [0.1, 0.15) is 14.2 Å². The van der Waals surface area contributed by atoms with Crippen molar-refractivity contribution in [3.8, 4) is 0 Å². The molecule has 1 aliphatic heterocycles. The molecule has 1 aliphatic rings. The molecule has 0 aromatic heterocycles. The van der Waals surface area contributed by atoms with Crippen molar-refractivity contribution in [2.45, 2.75) is 18.9 Å². The lowest BCUT2D eigenvalue weighted by Gasteiger charge is -1.99. The first-order valence-electron chi connectivity index (χ1n) is 3.18. The molecule has 1 fully saturated rings. The first-order chi connectivity index (χ1) is 4.22. The lowest BCUT2D eigenvalue weighted by molar-refractivity contribution is -0.139. The van der Waals surface area contributed by atoms with Crippen LogP contribution in [-0.4, -0.2) is 23.7 Å². The van der Waals surface area contributed by atoms with E-state index in [1.165, 1.54) is 0 Å². The minimum Gasteiger partial charge on any atom is -0.480 e. The van der Waals surface area contributed by atoms with E-state index in [0.717, 1.165) is 0 Å². The van der Waals surface area contributed by atoms with Crippen LogP contribution in [0.25, 0.3) is 0 Å². The molecule has 0 saturated carbocycles. The van der Waals surface area contributed by atoms with E-state index in [1.807, 2.05) is 0 Å². The molecular formula is C5H9NO2. The van der Waals surface area contributed by atoms with Crippen LogP contribution >= 0.6 is 0 Å². The highest BCUT2D eigenvalue weighted by atomic mass is 16.4. The number of carbonyl (C=O) groups is 1. The molecule has 0 aromatic carbocycles. The second kappa shape index (κ2) is 2.13. The van der Waals surface area contributed by atoms with Gasteiger partial charge in [0.05, 0.1) is 0 Å². The maximum absolute atomic E-state index is 10.2. The molecule has 46 valence electrons. The smallest absolute Gasteiger partial charge is 0.320 e. The van der Waals surface area contributed by atoms with Crippen molar-refractivity contribution >= 4 is 5.97 Å². The van der Waals surface area contributed by atoms with Gasteiger partial charge in [0.1, 0.15) is 6.04 Å². The fraction of sp³-hybridized carbons (Fsp3) is 0.800. The van der Waals surface area contributed by atoms with Gasteiger partial charge in [-0.15, -0.1) is 0 Å². The highest BCUT2D eigenvalue weighted by molar-refractivity contribution is 5.73. The highest BCUT2D eigenvalue weighted by Gasteiger charge is 2.20. The first-order valence-corrected chi connectivity index (χ1v) is 2.60. The Morgan fingerprint density at radius 2 is 2.75 bits per heavy atom. The lowest BCUT2D eigenvalue weighted by atomic mass is 10.2. The summed E-state index contributed by atoms with van der Waals surface area (Å²) in [6.07, 6.45) is 0.194. The fourth-order valence-corrected chi connectivity index (χ4v) is 0.760. The zero-order chi connectivity index (χ0) is 6.85. The zero-order valence-electron chi connectivity index (χ0n) is 5.42. The van der Waals surface area contributed by atoms with Crippen molar-refractivity contribution in [2.24, 2.45) is 0 Å². The molecule has 1 heterocycles. The van der Waals surface area contributed by atoms with E-state index in [0.29, 0.717) is 13.0 Å². The van der Waals surface area contributed by atoms with Gasteiger partial charge in [-0.25, -0.2) is 0 Å². The van der Waals surface area contributed by atoms with Crippen LogP contribution in [-0.2, 0) is 4.79 Å². The van der Waals surface area contributed by atoms with Gasteiger partial charge in [0.2, 0.25) is 0 Å². The largest absolute Gasteiger partial charge is 0.480 e. The Labute approximate surface area is 49.1 Å². The van der Waals surface area contributed by atoms with Crippen LogP contribution in [0.4, 0.5) is 0 Å². The zero-order valence-corrected chi connectivity index (χ0v) is 4.42. The van der Waals surface area contributed by atoms with Crippen molar-refractivity contribution < 1.29 is 11.3 Å². The van der Waals surface area contributed by atoms with E-state index in [9.17, 15) is 4.79 Å². The van der Waals surface area contributed by atoms with E-state index in [2.05, 4.69) is 5.32 Å². The quantitative estimate of drug-likeness (QED) is 0.499. The minimum atomic E-state index is -0.910. The molecule has 8 heavy (non-hydrogen) atoms. The Kier molecular flexibility index (Phi) is 1.15. The third-order valence-electron chi connectivity index (χ3n) is 1.18. The summed E-state index contributed by atoms with van der Waals surface area (Å²) >= 11 is 0. The van der Waals surface area contributed by atoms with Gasteiger partial charge in [-0.2, -0.15) is 0 Å². The molecule has 2 atom stereocenters. The van der Waals surface area contributed by atoms with Crippen LogP contribution in [0, 0.1) is 0 Å². The van der Waals surface area contributed by atoms with Gasteiger partial charge < -0.3 is 10.4 Å². The van der Waals surface area contributed by atoms with Crippen LogP contribution in [0.5, 0.6) is 0 Å². The average molecular weight is 116 g/mol. The molecule has 0 unspecified atom stereocenters. The third kappa shape index (κ3) is 0.980. The number of nitrogens with one attached hydrogen (secondary N) is 1. The summed E-state index contributed by atoms with van der Waals surface area (Å²) in [7, 11) is 0. The van der Waals surface area contributed by atoms with Gasteiger partial charge in [0, 0.05) is 1.37 Å². The van der Waals surface area contributed by atoms with Crippen molar-refractivity contribution in [1.82, 2.24) is 5.32 Å². The normalized spacial score (nSPS) is 39.2. The molecule has 0 radical (unpaired) electrons. The summed E-state index contributed by atoms with van der Waals surface area (Å²) in [4.78, 5) is 10.2. The van der Waals surface area contributed by atoms with Crippen LogP contribution in [0.15, 0.2) is 0 Å². The van der Waals surface area contributed by atoms with Crippen molar-refractivity contribution in [3.05, 3.63) is 0 Å². The molecule has 0 aliphatic carbocycles. The van der Waals surface area contributed by atoms with Gasteiger partial charge in [0.25, 0.3) is 0 Å². The number of hydrogen-bond donors (Lipinski definition) is 2. The van der Waals surface area contributed by atoms with E-state index in [1.54, 1.807) is 0 Å². The van der Waals surface area contributed by atoms with E-state index >= 15 is 0 Å². The Morgan fingerprint density at radius 3 is 3.00 bits per heavy atom. The second-order valence-corrected chi connectivity index (χ2v) is 1.79. The summed E-state index contributed by atoms with van der Waals surface area (Å²) < 4.78 is 7.18. The second-order valence-electron chi connectivity index (χ2n) is 1.79. The van der Waals surface area contributed by atoms with Gasteiger partial charge in [-0.05, 0) is 19.4 Å². The molecule has 0 amide bonds. The summed E-state index contributed by atoms with van der Waals surface area (Å²) in [5.74, 6) is -0.910. The van der Waals surface area contributed by atoms with Gasteiger partial charge in [-0.1, -0.05) is 0 Å². The standard InChI is InChI=1S/C5H9NO2/c7-5(8)4-2-1-3-6-4/h4,6H,1-3H2,(H,7,8)/t4-/m0/s1/i2D/t2-,4+/m1. The molecule has 0 aromatic rings. The summed E-state index contributed by atoms with van der Waals surface area (Å²) in [5, 5.41) is 11.1. The van der Waals surface area contributed by atoms with E-state index in [4.69, 9.17) is 6.48 Å². The Hall–Kier alpha value is -0.570. The van der Waals surface area contributed by atoms with Crippen molar-refractivity contribution in [2.75, 3.05) is 6.54 Å². The van der Waals surface area contributed by atoms with Crippen LogP contribution < -0.4 is 5.32 Å². The van der Waals surface area contributed by atoms with Gasteiger partial charge >= 0.3 is 5.97 Å². The molecule has 1 saturated heterocycles. The van der Waals surface area contributed by atoms with E-state index < -0.39 is 18.4 Å². The SMILES string of the molecule is [2H][C@@H]1CCN[C@@H]1C(=O)O. The summed E-state index contributed by atoms with van der Waals surface area (Å²) in [5.41, 5.74) is 0. The Balaban J connectivity index is 2.49. The predicted octanol–water partition coefficient (Wildman–Crippen LogP) is -0.177. The number of carboxylic acids is 1. The number of carboxylic acid groups (broad SMARTS) is 1. The first kappa shape index (κ1) is 4.32. The fourth-order valence-electron chi connectivity index (χ4n) is 0.760. The monoisotopic (exact) mass is 116 g/mol. The Morgan fingerprint density at radius 1 is 2.00 bits per heavy atom. The maximum Gasteiger partial charge on any atom is 0.320 e. The molecule has 3 nitrogen and oxygen atoms in total. The predicted molar refractivity (Wildman–Crippen MR) is 28.7 cm³/mol. The Bertz CT molecular complexity index is 128. The number of hydrogen-bond acceptors (Lipinski definition) is 2. The van der Waals surface area contributed by atoms with Crippen LogP contribution in [0.2, 0.25) is 0 Å². The topological polar surface area (TPSA) is 49.3 Å². The molecule has 0 spiro atoms. The van der Waals surface area contributed by atoms with Gasteiger partial charge in [-0.3, -0.25) is 4.79 Å². The maximum atomic E-state index is 10.2. The van der Waals surface area contributed by atoms with Crippen molar-refractivity contribution in [3.63, 3.8) is 0 Å². The van der Waals surface area contributed by atoms with E-state index in [-0.39, 0.29) is 0 Å². The lowest BCUT2D eigenvalue weighted by Crippen LogP contribution is -2.29. The molecule has 1 rings (SSSR count). The third-order valence-corrected chi connectivity index (χ3v) is 1.18. The number of aliphatic carboxylic acids is 1. The summed E-state index contributed by atoms with van der Waals surface area (Å²) in [6.45, 7) is 0.658. The van der Waals surface area contributed by atoms with Crippen molar-refractivity contribution in [1.29, 1.82) is 0 Å². The minimum absolute atomic E-state index is 0.456. The summed E-state index contributed by atoms with van der Waals surface area (Å²) in [6, 6.07) is -0.634. The molecular weight excluding hydrogens is 106 g/mol. The van der Waals surface area contributed by atoms with Crippen LogP contribution in [0.3, 0.4) is 0 Å². The molecule has 2 N–H and O–H groups in total. The highest BCUT2D eigenvalue weighted by Crippen LogP contribution is 2.03. The molecule has 3 heteroatoms. The van der Waals surface area contributed by atoms with Gasteiger partial charge in [0.15, 0.2) is 0 Å².